The Morgan fingerprint density at radius 3 is 2.37 bits per heavy atom. The molecule has 0 bridgehead atoms. The Labute approximate surface area is 203 Å². The molecule has 2 aliphatic carbocycles. The highest BCUT2D eigenvalue weighted by Crippen LogP contribution is 2.51. The van der Waals surface area contributed by atoms with E-state index >= 15 is 0 Å². The van der Waals surface area contributed by atoms with Crippen LogP contribution in [0.1, 0.15) is 29.9 Å². The number of rotatable bonds is 5. The van der Waals surface area contributed by atoms with Crippen molar-refractivity contribution >= 4 is 18.0 Å². The monoisotopic (exact) mass is 476 g/mol. The van der Waals surface area contributed by atoms with Crippen LogP contribution in [0, 0.1) is 17.8 Å². The molecule has 2 aromatic carbocycles. The molecule has 4 aliphatic rings. The molecule has 6 rings (SSSR count). The Hall–Kier alpha value is -3.39. The molecule has 2 heterocycles. The normalized spacial score (nSPS) is 28.6. The van der Waals surface area contributed by atoms with Gasteiger partial charge in [0.2, 0.25) is 0 Å². The van der Waals surface area contributed by atoms with Crippen molar-refractivity contribution in [3.8, 4) is 11.1 Å². The van der Waals surface area contributed by atoms with E-state index < -0.39 is 24.2 Å². The van der Waals surface area contributed by atoms with Crippen LogP contribution in [0.25, 0.3) is 11.1 Å². The van der Waals surface area contributed by atoms with Crippen LogP contribution in [0.5, 0.6) is 0 Å². The number of nitrogens with zero attached hydrogens (tertiary/aromatic N) is 1. The molecule has 2 aromatic rings. The molecule has 182 valence electrons. The zero-order valence-corrected chi connectivity index (χ0v) is 19.3. The summed E-state index contributed by atoms with van der Waals surface area (Å²) in [5.74, 6) is -1.13. The Kier molecular flexibility index (Phi) is 5.48. The van der Waals surface area contributed by atoms with Crippen molar-refractivity contribution in [1.29, 1.82) is 0 Å². The zero-order valence-electron chi connectivity index (χ0n) is 19.3. The largest absolute Gasteiger partial charge is 0.481 e. The van der Waals surface area contributed by atoms with Gasteiger partial charge in [0, 0.05) is 25.6 Å². The average Bonchev–Trinajstić information content (AvgIpc) is 3.27. The standard InChI is InChI=1S/C27H28N2O6/c30-25(29-11-9-19-20(13-29)23(19)26(31)32)24-22(10-12-34-24)28-27(33)35-14-21-17-7-3-1-5-15(17)16-6-2-4-8-18(16)21/h1-8,19-24H,9-14H2,(H,28,33)(H,31,32)/t19-,20+,22+,23?,24-/m1/s1. The van der Waals surface area contributed by atoms with E-state index in [1.54, 1.807) is 4.90 Å². The van der Waals surface area contributed by atoms with E-state index in [1.807, 2.05) is 24.3 Å². The summed E-state index contributed by atoms with van der Waals surface area (Å²) in [7, 11) is 0. The summed E-state index contributed by atoms with van der Waals surface area (Å²) in [5, 5.41) is 12.2. The second kappa shape index (κ2) is 8.68. The van der Waals surface area contributed by atoms with Gasteiger partial charge in [-0.3, -0.25) is 9.59 Å². The van der Waals surface area contributed by atoms with Gasteiger partial charge in [-0.1, -0.05) is 48.5 Å². The van der Waals surface area contributed by atoms with E-state index in [9.17, 15) is 19.5 Å². The van der Waals surface area contributed by atoms with E-state index in [1.165, 1.54) is 0 Å². The van der Waals surface area contributed by atoms with Crippen LogP contribution in [0.4, 0.5) is 4.79 Å². The molecule has 2 saturated heterocycles. The molecular formula is C27H28N2O6. The molecule has 8 heteroatoms. The number of carboxylic acids is 1. The third kappa shape index (κ3) is 3.86. The zero-order chi connectivity index (χ0) is 24.1. The number of likely N-dealkylation sites (tertiary alicyclic amines) is 1. The smallest absolute Gasteiger partial charge is 0.407 e. The fourth-order valence-electron chi connectivity index (χ4n) is 6.26. The number of ether oxygens (including phenoxy) is 2. The summed E-state index contributed by atoms with van der Waals surface area (Å²) in [6.45, 7) is 1.56. The summed E-state index contributed by atoms with van der Waals surface area (Å²) in [6, 6.07) is 15.8. The van der Waals surface area contributed by atoms with Crippen LogP contribution in [-0.2, 0) is 19.1 Å². The number of hydrogen-bond donors (Lipinski definition) is 2. The second-order valence-electron chi connectivity index (χ2n) is 9.92. The van der Waals surface area contributed by atoms with E-state index in [0.717, 1.165) is 22.3 Å². The molecule has 2 N–H and O–H groups in total. The highest BCUT2D eigenvalue weighted by molar-refractivity contribution is 5.84. The van der Waals surface area contributed by atoms with Crippen LogP contribution in [-0.4, -0.2) is 66.4 Å². The van der Waals surface area contributed by atoms with E-state index in [0.29, 0.717) is 32.5 Å². The van der Waals surface area contributed by atoms with Gasteiger partial charge >= 0.3 is 12.1 Å². The van der Waals surface area contributed by atoms with E-state index in [4.69, 9.17) is 9.47 Å². The Morgan fingerprint density at radius 2 is 1.69 bits per heavy atom. The van der Waals surface area contributed by atoms with Crippen LogP contribution in [0.3, 0.4) is 0 Å². The summed E-state index contributed by atoms with van der Waals surface area (Å²) in [6.07, 6.45) is -0.107. The minimum Gasteiger partial charge on any atom is -0.481 e. The molecule has 0 radical (unpaired) electrons. The van der Waals surface area contributed by atoms with Crippen LogP contribution >= 0.6 is 0 Å². The number of benzene rings is 2. The van der Waals surface area contributed by atoms with E-state index in [-0.39, 0.29) is 36.2 Å². The Balaban J connectivity index is 1.07. The van der Waals surface area contributed by atoms with Gasteiger partial charge in [0.15, 0.2) is 6.10 Å². The van der Waals surface area contributed by atoms with Gasteiger partial charge in [0.05, 0.1) is 12.0 Å². The van der Waals surface area contributed by atoms with Crippen molar-refractivity contribution in [2.75, 3.05) is 26.3 Å². The SMILES string of the molecule is O=C(N[C@H]1CCO[C@H]1C(=O)N1CC[C@H]2C(C(=O)O)[C@H]2C1)OCC1c2ccccc2-c2ccccc21. The van der Waals surface area contributed by atoms with Crippen molar-refractivity contribution in [3.05, 3.63) is 59.7 Å². The van der Waals surface area contributed by atoms with Gasteiger partial charge in [-0.05, 0) is 46.9 Å². The first-order chi connectivity index (χ1) is 17.0. The summed E-state index contributed by atoms with van der Waals surface area (Å²) < 4.78 is 11.3. The third-order valence-electron chi connectivity index (χ3n) is 8.07. The molecular weight excluding hydrogens is 448 g/mol. The van der Waals surface area contributed by atoms with Crippen molar-refractivity contribution in [2.45, 2.75) is 30.9 Å². The molecule has 1 unspecified atom stereocenters. The number of amides is 2. The Morgan fingerprint density at radius 1 is 1.00 bits per heavy atom. The van der Waals surface area contributed by atoms with Gasteiger partial charge in [-0.15, -0.1) is 0 Å². The lowest BCUT2D eigenvalue weighted by Crippen LogP contribution is -2.51. The van der Waals surface area contributed by atoms with Crippen molar-refractivity contribution in [3.63, 3.8) is 0 Å². The van der Waals surface area contributed by atoms with Gasteiger partial charge in [-0.25, -0.2) is 4.79 Å². The number of carbonyl (C=O) groups excluding carboxylic acids is 2. The molecule has 3 fully saturated rings. The first-order valence-corrected chi connectivity index (χ1v) is 12.3. The van der Waals surface area contributed by atoms with Crippen molar-refractivity contribution in [1.82, 2.24) is 10.2 Å². The molecule has 1 saturated carbocycles. The lowest BCUT2D eigenvalue weighted by Gasteiger charge is -2.30. The fourth-order valence-corrected chi connectivity index (χ4v) is 6.26. The number of alkyl carbamates (subject to hydrolysis) is 1. The molecule has 0 aromatic heterocycles. The quantitative estimate of drug-likeness (QED) is 0.688. The predicted octanol–water partition coefficient (Wildman–Crippen LogP) is 2.86. The summed E-state index contributed by atoms with van der Waals surface area (Å²) >= 11 is 0. The van der Waals surface area contributed by atoms with Gasteiger partial charge in [0.25, 0.3) is 5.91 Å². The van der Waals surface area contributed by atoms with Crippen molar-refractivity contribution in [2.24, 2.45) is 17.8 Å². The molecule has 0 spiro atoms. The maximum Gasteiger partial charge on any atom is 0.407 e. The number of nitrogens with one attached hydrogen (secondary N) is 1. The predicted molar refractivity (Wildman–Crippen MR) is 126 cm³/mol. The Bertz CT molecular complexity index is 1140. The first kappa shape index (κ1) is 22.1. The van der Waals surface area contributed by atoms with Crippen LogP contribution in [0.15, 0.2) is 48.5 Å². The molecule has 2 aliphatic heterocycles. The molecule has 2 amide bonds. The minimum atomic E-state index is -0.777. The van der Waals surface area contributed by atoms with Gasteiger partial charge in [0.1, 0.15) is 6.61 Å². The average molecular weight is 477 g/mol. The van der Waals surface area contributed by atoms with Gasteiger partial charge in [-0.2, -0.15) is 0 Å². The summed E-state index contributed by atoms with van der Waals surface area (Å²) in [4.78, 5) is 38.9. The van der Waals surface area contributed by atoms with Crippen LogP contribution < -0.4 is 5.32 Å². The highest BCUT2D eigenvalue weighted by atomic mass is 16.6. The maximum atomic E-state index is 13.1. The first-order valence-electron chi connectivity index (χ1n) is 12.3. The number of fused-ring (bicyclic) bond motifs is 4. The highest BCUT2D eigenvalue weighted by Gasteiger charge is 2.58. The third-order valence-corrected chi connectivity index (χ3v) is 8.07. The fraction of sp³-hybridized carbons (Fsp3) is 0.444. The summed E-state index contributed by atoms with van der Waals surface area (Å²) in [5.41, 5.74) is 4.61. The number of carboxylic acid groups (broad SMARTS) is 1. The molecule has 5 atom stereocenters. The topological polar surface area (TPSA) is 105 Å². The maximum absolute atomic E-state index is 13.1. The second-order valence-corrected chi connectivity index (χ2v) is 9.92. The van der Waals surface area contributed by atoms with Crippen molar-refractivity contribution < 1.29 is 29.0 Å². The minimum absolute atomic E-state index is 0.0279. The number of aliphatic carboxylic acids is 1. The van der Waals surface area contributed by atoms with E-state index in [2.05, 4.69) is 29.6 Å². The number of carbonyl (C=O) groups is 3. The lowest BCUT2D eigenvalue weighted by molar-refractivity contribution is -0.143. The van der Waals surface area contributed by atoms with Gasteiger partial charge < -0.3 is 24.8 Å². The number of hydrogen-bond acceptors (Lipinski definition) is 5. The molecule has 35 heavy (non-hydrogen) atoms. The van der Waals surface area contributed by atoms with Crippen LogP contribution in [0.2, 0.25) is 0 Å². The molecule has 8 nitrogen and oxygen atoms in total. The lowest BCUT2D eigenvalue weighted by atomic mass is 9.98. The number of piperidine rings is 1.